The van der Waals surface area contributed by atoms with Gasteiger partial charge in [0.2, 0.25) is 12.3 Å². The lowest BCUT2D eigenvalue weighted by molar-refractivity contribution is -0.150. The summed E-state index contributed by atoms with van der Waals surface area (Å²) in [6, 6.07) is 0. The standard InChI is InChI=1S/C10H16N2O5/c1-2-5-7(14)8(15)9(17-5)12-4-3-6(13)11-10(12)16/h3-5,7-10,14-16H,2H2,1H3,(H,11,13). The summed E-state index contributed by atoms with van der Waals surface area (Å²) >= 11 is 0. The number of carbonyl (C=O) groups excluding carboxylic acids is 1. The van der Waals surface area contributed by atoms with Crippen LogP contribution >= 0.6 is 0 Å². The van der Waals surface area contributed by atoms with Gasteiger partial charge >= 0.3 is 0 Å². The van der Waals surface area contributed by atoms with Crippen molar-refractivity contribution in [2.75, 3.05) is 0 Å². The van der Waals surface area contributed by atoms with E-state index in [4.69, 9.17) is 4.74 Å². The van der Waals surface area contributed by atoms with Gasteiger partial charge in [0.1, 0.15) is 12.2 Å². The van der Waals surface area contributed by atoms with Gasteiger partial charge in [-0.25, -0.2) is 0 Å². The van der Waals surface area contributed by atoms with Crippen LogP contribution in [0.15, 0.2) is 12.3 Å². The number of carbonyl (C=O) groups is 1. The van der Waals surface area contributed by atoms with E-state index in [2.05, 4.69) is 5.32 Å². The quantitative estimate of drug-likeness (QED) is 0.451. The van der Waals surface area contributed by atoms with Gasteiger partial charge in [0.25, 0.3) is 0 Å². The third-order valence-electron chi connectivity index (χ3n) is 2.99. The molecular weight excluding hydrogens is 228 g/mol. The smallest absolute Gasteiger partial charge is 0.248 e. The molecule has 0 spiro atoms. The number of nitrogens with one attached hydrogen (secondary N) is 1. The molecule has 5 atom stereocenters. The largest absolute Gasteiger partial charge is 0.388 e. The van der Waals surface area contributed by atoms with Crippen LogP contribution < -0.4 is 5.32 Å². The zero-order chi connectivity index (χ0) is 12.6. The Hall–Kier alpha value is -1.15. The molecule has 1 saturated heterocycles. The van der Waals surface area contributed by atoms with E-state index in [1.54, 1.807) is 0 Å². The van der Waals surface area contributed by atoms with Crippen LogP contribution in [0.25, 0.3) is 0 Å². The van der Waals surface area contributed by atoms with E-state index in [-0.39, 0.29) is 0 Å². The van der Waals surface area contributed by atoms with Crippen LogP contribution in [-0.2, 0) is 9.53 Å². The minimum atomic E-state index is -1.27. The Balaban J connectivity index is 2.13. The van der Waals surface area contributed by atoms with Gasteiger partial charge in [0, 0.05) is 12.3 Å². The van der Waals surface area contributed by atoms with Gasteiger partial charge in [0.05, 0.1) is 6.10 Å². The first-order valence-electron chi connectivity index (χ1n) is 5.50. The number of hydrogen-bond acceptors (Lipinski definition) is 6. The molecule has 1 amide bonds. The average molecular weight is 244 g/mol. The fourth-order valence-corrected chi connectivity index (χ4v) is 2.02. The molecule has 0 aromatic carbocycles. The van der Waals surface area contributed by atoms with E-state index in [1.165, 1.54) is 17.2 Å². The summed E-state index contributed by atoms with van der Waals surface area (Å²) in [5, 5.41) is 31.4. The molecule has 5 unspecified atom stereocenters. The predicted octanol–water partition coefficient (Wildman–Crippen LogP) is -1.94. The summed E-state index contributed by atoms with van der Waals surface area (Å²) in [6.45, 7) is 1.83. The summed E-state index contributed by atoms with van der Waals surface area (Å²) in [6.07, 6.45) is -1.65. The van der Waals surface area contributed by atoms with Crippen molar-refractivity contribution < 1.29 is 24.9 Å². The van der Waals surface area contributed by atoms with Crippen molar-refractivity contribution in [3.63, 3.8) is 0 Å². The van der Waals surface area contributed by atoms with E-state index >= 15 is 0 Å². The van der Waals surface area contributed by atoms with E-state index in [1.807, 2.05) is 6.92 Å². The van der Waals surface area contributed by atoms with E-state index < -0.39 is 36.8 Å². The lowest BCUT2D eigenvalue weighted by Crippen LogP contribution is -2.55. The molecule has 1 fully saturated rings. The van der Waals surface area contributed by atoms with Crippen molar-refractivity contribution in [2.45, 2.75) is 44.2 Å². The summed E-state index contributed by atoms with van der Waals surface area (Å²) in [5.41, 5.74) is 0. The van der Waals surface area contributed by atoms with E-state index in [0.717, 1.165) is 0 Å². The van der Waals surface area contributed by atoms with E-state index in [9.17, 15) is 20.1 Å². The first-order chi connectivity index (χ1) is 8.04. The maximum Gasteiger partial charge on any atom is 0.248 e. The highest BCUT2D eigenvalue weighted by Gasteiger charge is 2.46. The molecule has 0 aromatic heterocycles. The SMILES string of the molecule is CCC1OC(N2C=CC(=O)NC2O)C(O)C1O. The van der Waals surface area contributed by atoms with Gasteiger partial charge in [-0.05, 0) is 6.42 Å². The molecule has 4 N–H and O–H groups in total. The molecule has 0 aromatic rings. The minimum absolute atomic E-state index is 0.422. The maximum atomic E-state index is 11.0. The van der Waals surface area contributed by atoms with Crippen LogP contribution in [0.4, 0.5) is 0 Å². The first kappa shape index (κ1) is 12.3. The third-order valence-corrected chi connectivity index (χ3v) is 2.99. The molecule has 2 heterocycles. The molecule has 2 aliphatic rings. The Labute approximate surface area is 98.3 Å². The number of amides is 1. The molecular formula is C10H16N2O5. The number of rotatable bonds is 2. The van der Waals surface area contributed by atoms with Crippen LogP contribution in [0.1, 0.15) is 13.3 Å². The van der Waals surface area contributed by atoms with Crippen molar-refractivity contribution in [3.8, 4) is 0 Å². The van der Waals surface area contributed by atoms with Crippen LogP contribution in [0, 0.1) is 0 Å². The van der Waals surface area contributed by atoms with Crippen molar-refractivity contribution >= 4 is 5.91 Å². The number of nitrogens with zero attached hydrogens (tertiary/aromatic N) is 1. The zero-order valence-corrected chi connectivity index (χ0v) is 9.35. The first-order valence-corrected chi connectivity index (χ1v) is 5.50. The van der Waals surface area contributed by atoms with Crippen LogP contribution in [0.3, 0.4) is 0 Å². The minimum Gasteiger partial charge on any atom is -0.388 e. The van der Waals surface area contributed by atoms with Crippen LogP contribution in [0.5, 0.6) is 0 Å². The normalized spacial score (nSPS) is 41.8. The van der Waals surface area contributed by atoms with Gasteiger partial charge in [-0.15, -0.1) is 0 Å². The molecule has 17 heavy (non-hydrogen) atoms. The second kappa shape index (κ2) is 4.61. The monoisotopic (exact) mass is 244 g/mol. The Kier molecular flexibility index (Phi) is 3.34. The second-order valence-corrected chi connectivity index (χ2v) is 4.10. The lowest BCUT2D eigenvalue weighted by atomic mass is 10.1. The highest BCUT2D eigenvalue weighted by molar-refractivity contribution is 5.88. The molecule has 0 aliphatic carbocycles. The maximum absolute atomic E-state index is 11.0. The summed E-state index contributed by atoms with van der Waals surface area (Å²) in [7, 11) is 0. The van der Waals surface area contributed by atoms with Gasteiger partial charge in [-0.2, -0.15) is 0 Å². The fourth-order valence-electron chi connectivity index (χ4n) is 2.02. The summed E-state index contributed by atoms with van der Waals surface area (Å²) < 4.78 is 5.44. The topological polar surface area (TPSA) is 102 Å². The Morgan fingerprint density at radius 1 is 1.41 bits per heavy atom. The molecule has 0 saturated carbocycles. The van der Waals surface area contributed by atoms with Crippen LogP contribution in [0.2, 0.25) is 0 Å². The van der Waals surface area contributed by atoms with Gasteiger partial charge < -0.3 is 30.3 Å². The van der Waals surface area contributed by atoms with Crippen molar-refractivity contribution in [2.24, 2.45) is 0 Å². The summed E-state index contributed by atoms with van der Waals surface area (Å²) in [5.74, 6) is -0.422. The van der Waals surface area contributed by atoms with Gasteiger partial charge in [0.15, 0.2) is 6.23 Å². The fraction of sp³-hybridized carbons (Fsp3) is 0.700. The summed E-state index contributed by atoms with van der Waals surface area (Å²) in [4.78, 5) is 12.2. The molecule has 0 bridgehead atoms. The van der Waals surface area contributed by atoms with Crippen molar-refractivity contribution in [3.05, 3.63) is 12.3 Å². The number of aliphatic hydroxyl groups excluding tert-OH is 3. The highest BCUT2D eigenvalue weighted by atomic mass is 16.6. The molecule has 7 heteroatoms. The Morgan fingerprint density at radius 2 is 2.12 bits per heavy atom. The average Bonchev–Trinajstić information content (AvgIpc) is 2.57. The molecule has 0 radical (unpaired) electrons. The van der Waals surface area contributed by atoms with Crippen molar-refractivity contribution in [1.29, 1.82) is 0 Å². The molecule has 96 valence electrons. The second-order valence-electron chi connectivity index (χ2n) is 4.10. The van der Waals surface area contributed by atoms with Crippen LogP contribution in [-0.4, -0.2) is 57.0 Å². The lowest BCUT2D eigenvalue weighted by Gasteiger charge is -2.35. The predicted molar refractivity (Wildman–Crippen MR) is 56.1 cm³/mol. The van der Waals surface area contributed by atoms with Gasteiger partial charge in [-0.3, -0.25) is 4.79 Å². The zero-order valence-electron chi connectivity index (χ0n) is 9.35. The molecule has 2 aliphatic heterocycles. The Bertz CT molecular complexity index is 335. The number of ether oxygens (including phenoxy) is 1. The van der Waals surface area contributed by atoms with Gasteiger partial charge in [-0.1, -0.05) is 6.92 Å². The molecule has 2 rings (SSSR count). The third kappa shape index (κ3) is 2.14. The highest BCUT2D eigenvalue weighted by Crippen LogP contribution is 2.27. The van der Waals surface area contributed by atoms with E-state index in [0.29, 0.717) is 6.42 Å². The molecule has 7 nitrogen and oxygen atoms in total. The number of hydrogen-bond donors (Lipinski definition) is 4. The Morgan fingerprint density at radius 3 is 2.65 bits per heavy atom. The number of aliphatic hydroxyl groups is 3. The van der Waals surface area contributed by atoms with Crippen molar-refractivity contribution in [1.82, 2.24) is 10.2 Å².